The molecule has 2 atom stereocenters. The molecule has 4 nitrogen and oxygen atoms in total. The number of carbonyl (C=O) groups excluding carboxylic acids is 1. The Morgan fingerprint density at radius 3 is 2.78 bits per heavy atom. The van der Waals surface area contributed by atoms with Gasteiger partial charge in [-0.3, -0.25) is 4.79 Å². The Morgan fingerprint density at radius 1 is 1.39 bits per heavy atom. The molecular formula is C14H26N2O2. The Morgan fingerprint density at radius 2 is 2.17 bits per heavy atom. The number of hydrogen-bond acceptors (Lipinski definition) is 3. The van der Waals surface area contributed by atoms with Gasteiger partial charge >= 0.3 is 0 Å². The second-order valence-electron chi connectivity index (χ2n) is 6.25. The van der Waals surface area contributed by atoms with Gasteiger partial charge in [0.1, 0.15) is 0 Å². The summed E-state index contributed by atoms with van der Waals surface area (Å²) in [4.78, 5) is 16.5. The minimum absolute atomic E-state index is 0.144. The van der Waals surface area contributed by atoms with Crippen molar-refractivity contribution in [3.63, 3.8) is 0 Å². The van der Waals surface area contributed by atoms with Crippen LogP contribution in [0.15, 0.2) is 0 Å². The molecule has 4 heteroatoms. The largest absolute Gasteiger partial charge is 0.396 e. The van der Waals surface area contributed by atoms with Crippen LogP contribution in [0.2, 0.25) is 0 Å². The molecule has 2 unspecified atom stereocenters. The Labute approximate surface area is 110 Å². The molecule has 2 heterocycles. The van der Waals surface area contributed by atoms with Gasteiger partial charge in [0.2, 0.25) is 5.91 Å². The summed E-state index contributed by atoms with van der Waals surface area (Å²) >= 11 is 0. The maximum Gasteiger partial charge on any atom is 0.223 e. The number of likely N-dealkylation sites (tertiary alicyclic amines) is 2. The van der Waals surface area contributed by atoms with E-state index >= 15 is 0 Å². The predicted molar refractivity (Wildman–Crippen MR) is 71.2 cm³/mol. The van der Waals surface area contributed by atoms with Gasteiger partial charge in [0.15, 0.2) is 0 Å². The molecule has 1 amide bonds. The van der Waals surface area contributed by atoms with Crippen LogP contribution < -0.4 is 0 Å². The monoisotopic (exact) mass is 254 g/mol. The fourth-order valence-electron chi connectivity index (χ4n) is 3.25. The minimum Gasteiger partial charge on any atom is -0.396 e. The molecule has 2 rings (SSSR count). The van der Waals surface area contributed by atoms with E-state index in [2.05, 4.69) is 18.7 Å². The smallest absolute Gasteiger partial charge is 0.223 e. The van der Waals surface area contributed by atoms with Crippen LogP contribution in [0, 0.1) is 11.8 Å². The summed E-state index contributed by atoms with van der Waals surface area (Å²) in [5.41, 5.74) is 0. The maximum atomic E-state index is 12.0. The van der Waals surface area contributed by atoms with E-state index in [1.54, 1.807) is 0 Å². The van der Waals surface area contributed by atoms with Gasteiger partial charge in [-0.2, -0.15) is 0 Å². The Hall–Kier alpha value is -0.610. The van der Waals surface area contributed by atoms with Crippen molar-refractivity contribution in [2.24, 2.45) is 11.8 Å². The summed E-state index contributed by atoms with van der Waals surface area (Å²) in [6.07, 6.45) is 2.85. The molecule has 104 valence electrons. The van der Waals surface area contributed by atoms with Gasteiger partial charge in [-0.05, 0) is 25.3 Å². The highest BCUT2D eigenvalue weighted by Gasteiger charge is 2.35. The van der Waals surface area contributed by atoms with Crippen molar-refractivity contribution in [3.8, 4) is 0 Å². The quantitative estimate of drug-likeness (QED) is 0.812. The number of rotatable bonds is 4. The van der Waals surface area contributed by atoms with Gasteiger partial charge in [-0.1, -0.05) is 13.8 Å². The van der Waals surface area contributed by atoms with Crippen molar-refractivity contribution in [1.82, 2.24) is 9.80 Å². The van der Waals surface area contributed by atoms with Crippen molar-refractivity contribution in [3.05, 3.63) is 0 Å². The van der Waals surface area contributed by atoms with Crippen molar-refractivity contribution in [2.45, 2.75) is 39.2 Å². The lowest BCUT2D eigenvalue weighted by atomic mass is 10.0. The van der Waals surface area contributed by atoms with E-state index in [1.807, 2.05) is 4.90 Å². The van der Waals surface area contributed by atoms with Crippen LogP contribution in [0.1, 0.15) is 33.1 Å². The molecule has 2 aliphatic rings. The van der Waals surface area contributed by atoms with Crippen LogP contribution in [0.3, 0.4) is 0 Å². The highest BCUT2D eigenvalue weighted by Crippen LogP contribution is 2.24. The number of carbonyl (C=O) groups is 1. The van der Waals surface area contributed by atoms with Crippen LogP contribution in [0.5, 0.6) is 0 Å². The van der Waals surface area contributed by atoms with Gasteiger partial charge in [0.25, 0.3) is 0 Å². The fourth-order valence-corrected chi connectivity index (χ4v) is 3.25. The summed E-state index contributed by atoms with van der Waals surface area (Å²) in [5.74, 6) is 1.09. The zero-order valence-electron chi connectivity index (χ0n) is 11.6. The first kappa shape index (κ1) is 13.8. The highest BCUT2D eigenvalue weighted by molar-refractivity contribution is 5.79. The number of aliphatic hydroxyl groups is 1. The van der Waals surface area contributed by atoms with Crippen molar-refractivity contribution < 1.29 is 9.90 Å². The Balaban J connectivity index is 1.90. The van der Waals surface area contributed by atoms with Crippen molar-refractivity contribution in [2.75, 3.05) is 32.8 Å². The first-order chi connectivity index (χ1) is 8.60. The van der Waals surface area contributed by atoms with Crippen LogP contribution in [0.25, 0.3) is 0 Å². The molecule has 0 aromatic heterocycles. The number of nitrogens with zero attached hydrogens (tertiary/aromatic N) is 2. The van der Waals surface area contributed by atoms with E-state index in [0.29, 0.717) is 18.4 Å². The lowest BCUT2D eigenvalue weighted by Gasteiger charge is -2.38. The van der Waals surface area contributed by atoms with Crippen LogP contribution in [-0.2, 0) is 4.79 Å². The third-order valence-corrected chi connectivity index (χ3v) is 4.04. The standard InChI is InChI=1S/C14H26N2O2/c1-11(2)7-15-5-3-4-13(9-15)16-8-12(10-17)6-14(16)18/h11-13,17H,3-10H2,1-2H3. The first-order valence-electron chi connectivity index (χ1n) is 7.22. The fraction of sp³-hybridized carbons (Fsp3) is 0.929. The minimum atomic E-state index is 0.144. The highest BCUT2D eigenvalue weighted by atomic mass is 16.3. The Bertz CT molecular complexity index is 294. The molecular weight excluding hydrogens is 228 g/mol. The SMILES string of the molecule is CC(C)CN1CCCC(N2CC(CO)CC2=O)C1. The van der Waals surface area contributed by atoms with Crippen LogP contribution in [-0.4, -0.2) is 59.6 Å². The lowest BCUT2D eigenvalue weighted by Crippen LogP contribution is -2.49. The molecule has 0 bridgehead atoms. The second kappa shape index (κ2) is 6.02. The van der Waals surface area contributed by atoms with E-state index in [9.17, 15) is 9.90 Å². The third kappa shape index (κ3) is 3.23. The van der Waals surface area contributed by atoms with Gasteiger partial charge in [0.05, 0.1) is 0 Å². The molecule has 2 saturated heterocycles. The van der Waals surface area contributed by atoms with Gasteiger partial charge in [0, 0.05) is 44.6 Å². The van der Waals surface area contributed by atoms with E-state index in [4.69, 9.17) is 0 Å². The third-order valence-electron chi connectivity index (χ3n) is 4.04. The molecule has 0 aliphatic carbocycles. The normalized spacial score (nSPS) is 30.4. The molecule has 18 heavy (non-hydrogen) atoms. The molecule has 0 radical (unpaired) electrons. The predicted octanol–water partition coefficient (Wildman–Crippen LogP) is 0.948. The summed E-state index contributed by atoms with van der Waals surface area (Å²) in [5, 5.41) is 9.18. The molecule has 0 aromatic rings. The van der Waals surface area contributed by atoms with Gasteiger partial charge in [-0.15, -0.1) is 0 Å². The van der Waals surface area contributed by atoms with E-state index < -0.39 is 0 Å². The summed E-state index contributed by atoms with van der Waals surface area (Å²) in [6.45, 7) is 8.70. The van der Waals surface area contributed by atoms with Crippen LogP contribution in [0.4, 0.5) is 0 Å². The molecule has 0 aromatic carbocycles. The first-order valence-corrected chi connectivity index (χ1v) is 7.22. The maximum absolute atomic E-state index is 12.0. The number of amides is 1. The van der Waals surface area contributed by atoms with Crippen molar-refractivity contribution in [1.29, 1.82) is 0 Å². The van der Waals surface area contributed by atoms with E-state index in [1.165, 1.54) is 13.0 Å². The van der Waals surface area contributed by atoms with Gasteiger partial charge < -0.3 is 14.9 Å². The molecule has 2 aliphatic heterocycles. The Kier molecular flexibility index (Phi) is 4.62. The van der Waals surface area contributed by atoms with E-state index in [-0.39, 0.29) is 18.4 Å². The van der Waals surface area contributed by atoms with Crippen molar-refractivity contribution >= 4 is 5.91 Å². The lowest BCUT2D eigenvalue weighted by molar-refractivity contribution is -0.130. The molecule has 0 saturated carbocycles. The van der Waals surface area contributed by atoms with Crippen LogP contribution >= 0.6 is 0 Å². The summed E-state index contributed by atoms with van der Waals surface area (Å²) in [7, 11) is 0. The molecule has 1 N–H and O–H groups in total. The topological polar surface area (TPSA) is 43.8 Å². The zero-order valence-corrected chi connectivity index (χ0v) is 11.6. The number of piperidine rings is 1. The number of aliphatic hydroxyl groups excluding tert-OH is 1. The zero-order chi connectivity index (χ0) is 13.1. The number of hydrogen-bond donors (Lipinski definition) is 1. The van der Waals surface area contributed by atoms with Gasteiger partial charge in [-0.25, -0.2) is 0 Å². The second-order valence-corrected chi connectivity index (χ2v) is 6.25. The molecule has 0 spiro atoms. The summed E-state index contributed by atoms with van der Waals surface area (Å²) in [6, 6.07) is 0.376. The van der Waals surface area contributed by atoms with E-state index in [0.717, 1.165) is 26.1 Å². The average Bonchev–Trinajstić information content (AvgIpc) is 2.70. The summed E-state index contributed by atoms with van der Waals surface area (Å²) < 4.78 is 0. The molecule has 2 fully saturated rings. The average molecular weight is 254 g/mol.